The molecule has 0 bridgehead atoms. The van der Waals surface area contributed by atoms with Gasteiger partial charge in [-0.2, -0.15) is 5.48 Å². The van der Waals surface area contributed by atoms with Crippen LogP contribution < -0.4 is 5.48 Å². The standard InChI is InChI=1S/C79H154N4O40/c80-83-81-4-7-88-9-11-90-13-15-92-17-19-94-21-23-96-25-27-98-29-31-100-33-35-102-37-39-104-41-43-106-45-47-108-49-51-110-53-55-112-57-59-114-61-63-116-65-67-118-69-71-120-73-75-122-77-76-121-74-72-119-70-68-117-66-64-115-62-60-113-58-56-111-54-52-109-50-48-107-46-44-105-42-40-103-38-36-101-34-32-99-30-28-97-26-24-95-22-20-93-18-16-91-14-12-89-10-8-87-6-3-79(86)123-82-78(85)2-1-5-84/h5H,1-4,6-77H2,(H,82,85). The van der Waals surface area contributed by atoms with E-state index in [9.17, 15) is 14.4 Å². The van der Waals surface area contributed by atoms with Crippen LogP contribution in [0.2, 0.25) is 0 Å². The lowest BCUT2D eigenvalue weighted by Gasteiger charge is -2.09. The quantitative estimate of drug-likeness (QED) is 0.0220. The summed E-state index contributed by atoms with van der Waals surface area (Å²) in [5, 5.41) is 3.38. The van der Waals surface area contributed by atoms with Gasteiger partial charge >= 0.3 is 5.97 Å². The topological polar surface area (TPSA) is 454 Å². The van der Waals surface area contributed by atoms with E-state index in [-0.39, 0.29) is 25.9 Å². The molecule has 0 aliphatic heterocycles. The van der Waals surface area contributed by atoms with Crippen LogP contribution >= 0.6 is 0 Å². The number of ether oxygens (including phenoxy) is 36. The van der Waals surface area contributed by atoms with E-state index in [1.54, 1.807) is 0 Å². The number of aldehydes is 1. The van der Waals surface area contributed by atoms with Gasteiger partial charge in [0.05, 0.1) is 482 Å². The Morgan fingerprint density at radius 2 is 0.317 bits per heavy atom. The fourth-order valence-electron chi connectivity index (χ4n) is 8.51. The molecule has 44 nitrogen and oxygen atoms in total. The van der Waals surface area contributed by atoms with Crippen molar-refractivity contribution < 1.29 is 190 Å². The number of amides is 1. The third kappa shape index (κ3) is 115. The van der Waals surface area contributed by atoms with Crippen molar-refractivity contribution in [2.24, 2.45) is 5.11 Å². The van der Waals surface area contributed by atoms with Crippen molar-refractivity contribution in [1.82, 2.24) is 5.48 Å². The van der Waals surface area contributed by atoms with Crippen LogP contribution in [0.4, 0.5) is 0 Å². The molecule has 0 spiro atoms. The molecular formula is C79H154N4O40. The first kappa shape index (κ1) is 119. The monoisotopic (exact) mass is 1800 g/mol. The minimum Gasteiger partial charge on any atom is -0.379 e. The third-order valence-corrected chi connectivity index (χ3v) is 14.6. The smallest absolute Gasteiger partial charge is 0.334 e. The van der Waals surface area contributed by atoms with Crippen LogP contribution in [0.25, 0.3) is 10.4 Å². The second-order valence-electron chi connectivity index (χ2n) is 24.5. The molecule has 0 aliphatic carbocycles. The van der Waals surface area contributed by atoms with Gasteiger partial charge in [0, 0.05) is 24.3 Å². The number of hydroxylamine groups is 1. The van der Waals surface area contributed by atoms with Crippen molar-refractivity contribution in [1.29, 1.82) is 0 Å². The summed E-state index contributed by atoms with van der Waals surface area (Å²) >= 11 is 0. The first-order valence-corrected chi connectivity index (χ1v) is 42.9. The molecule has 1 amide bonds. The highest BCUT2D eigenvalue weighted by Crippen LogP contribution is 1.97. The van der Waals surface area contributed by atoms with Gasteiger partial charge in [-0.3, -0.25) is 4.79 Å². The fraction of sp³-hybridized carbons (Fsp3) is 0.962. The normalized spacial score (nSPS) is 11.6. The molecule has 0 rings (SSSR count). The van der Waals surface area contributed by atoms with Crippen molar-refractivity contribution in [3.8, 4) is 0 Å². The molecular weight excluding hydrogens is 1640 g/mol. The molecule has 0 aromatic heterocycles. The molecule has 0 aliphatic rings. The summed E-state index contributed by atoms with van der Waals surface area (Å²) in [6.45, 7) is 33.1. The highest BCUT2D eigenvalue weighted by molar-refractivity contribution is 5.79. The van der Waals surface area contributed by atoms with Crippen molar-refractivity contribution in [3.63, 3.8) is 0 Å². The second-order valence-corrected chi connectivity index (χ2v) is 24.5. The maximum absolute atomic E-state index is 11.5. The molecule has 0 radical (unpaired) electrons. The Morgan fingerprint density at radius 3 is 0.439 bits per heavy atom. The number of hydrogen-bond acceptors (Lipinski definition) is 41. The van der Waals surface area contributed by atoms with Crippen LogP contribution in [0.15, 0.2) is 5.11 Å². The minimum absolute atomic E-state index is 0.0327. The zero-order chi connectivity index (χ0) is 87.9. The van der Waals surface area contributed by atoms with Crippen LogP contribution in [0.1, 0.15) is 19.3 Å². The van der Waals surface area contributed by atoms with E-state index in [2.05, 4.69) is 14.9 Å². The molecule has 0 fully saturated rings. The Kier molecular flexibility index (Phi) is 111. The zero-order valence-electron chi connectivity index (χ0n) is 73.5. The van der Waals surface area contributed by atoms with Crippen molar-refractivity contribution in [2.45, 2.75) is 19.3 Å². The highest BCUT2D eigenvalue weighted by atomic mass is 16.7. The van der Waals surface area contributed by atoms with Crippen molar-refractivity contribution in [3.05, 3.63) is 10.4 Å². The maximum Gasteiger partial charge on any atom is 0.334 e. The summed E-state index contributed by atoms with van der Waals surface area (Å²) in [7, 11) is 0. The molecule has 0 aromatic carbocycles. The van der Waals surface area contributed by atoms with Gasteiger partial charge in [0.1, 0.15) is 6.29 Å². The summed E-state index contributed by atoms with van der Waals surface area (Å²) in [6, 6.07) is 0. The molecule has 1 N–H and O–H groups in total. The number of nitrogens with zero attached hydrogens (tertiary/aromatic N) is 3. The van der Waals surface area contributed by atoms with Crippen LogP contribution in [0.5, 0.6) is 0 Å². The van der Waals surface area contributed by atoms with Crippen LogP contribution in [-0.2, 0) is 190 Å². The Hall–Kier alpha value is -3.52. The molecule has 0 atom stereocenters. The van der Waals surface area contributed by atoms with E-state index in [4.69, 9.17) is 176 Å². The Bertz CT molecular complexity index is 2020. The largest absolute Gasteiger partial charge is 0.379 e. The molecule has 0 saturated carbocycles. The highest BCUT2D eigenvalue weighted by Gasteiger charge is 2.09. The molecule has 123 heavy (non-hydrogen) atoms. The minimum atomic E-state index is -0.642. The van der Waals surface area contributed by atoms with Crippen molar-refractivity contribution in [2.75, 3.05) is 482 Å². The van der Waals surface area contributed by atoms with Gasteiger partial charge in [-0.05, 0) is 5.53 Å². The predicted octanol–water partition coefficient (Wildman–Crippen LogP) is 0.838. The van der Waals surface area contributed by atoms with Gasteiger partial charge in [-0.25, -0.2) is 4.79 Å². The first-order valence-electron chi connectivity index (χ1n) is 42.9. The average molecular weight is 1800 g/mol. The maximum atomic E-state index is 11.5. The molecule has 44 heteroatoms. The zero-order valence-corrected chi connectivity index (χ0v) is 73.5. The summed E-state index contributed by atoms with van der Waals surface area (Å²) in [4.78, 5) is 40.2. The van der Waals surface area contributed by atoms with Gasteiger partial charge < -0.3 is 180 Å². The van der Waals surface area contributed by atoms with Gasteiger partial charge in [0.25, 0.3) is 5.91 Å². The average Bonchev–Trinajstić information content (AvgIpc) is 1.02. The third-order valence-electron chi connectivity index (χ3n) is 14.6. The van der Waals surface area contributed by atoms with E-state index in [0.29, 0.717) is 482 Å². The van der Waals surface area contributed by atoms with E-state index in [1.165, 1.54) is 0 Å². The number of rotatable bonds is 114. The Morgan fingerprint density at radius 1 is 0.195 bits per heavy atom. The number of azide groups is 1. The van der Waals surface area contributed by atoms with Gasteiger partial charge in [-0.15, -0.1) is 0 Å². The fourth-order valence-corrected chi connectivity index (χ4v) is 8.51. The Labute approximate surface area is 728 Å². The number of hydrogen-bond donors (Lipinski definition) is 1. The summed E-state index contributed by atoms with van der Waals surface area (Å²) in [5.41, 5.74) is 10.2. The van der Waals surface area contributed by atoms with E-state index < -0.39 is 11.9 Å². The SMILES string of the molecule is [N-]=[N+]=NCCOCCOCCOCCOCCOCCOCCOCCOCCOCCOCCOCCOCCOCCOCCOCCOCCOCCOCCOCCOCCOCCOCCOCCOCCOCCOCCOCCOCCOCCOCCOCCOCCOCCOCCOCCOCCC(=O)ONC(=O)CCC=O. The lowest BCUT2D eigenvalue weighted by atomic mass is 10.3. The first-order chi connectivity index (χ1) is 61.2. The van der Waals surface area contributed by atoms with E-state index in [0.717, 1.165) is 0 Å². The lowest BCUT2D eigenvalue weighted by molar-refractivity contribution is -0.159. The molecule has 0 saturated heterocycles. The molecule has 0 heterocycles. The van der Waals surface area contributed by atoms with Crippen LogP contribution in [0, 0.1) is 0 Å². The van der Waals surface area contributed by atoms with Gasteiger partial charge in [0.2, 0.25) is 0 Å². The van der Waals surface area contributed by atoms with Gasteiger partial charge in [-0.1, -0.05) is 5.11 Å². The summed E-state index contributed by atoms with van der Waals surface area (Å²) in [5.74, 6) is -1.19. The van der Waals surface area contributed by atoms with Crippen molar-refractivity contribution >= 4 is 18.2 Å². The summed E-state index contributed by atoms with van der Waals surface area (Å²) < 4.78 is 198. The number of nitrogens with one attached hydrogen (secondary N) is 1. The Balaban J connectivity index is 3.11. The summed E-state index contributed by atoms with van der Waals surface area (Å²) in [6.07, 6.45) is 0.592. The van der Waals surface area contributed by atoms with Crippen LogP contribution in [-0.4, -0.2) is 500 Å². The van der Waals surface area contributed by atoms with Crippen LogP contribution in [0.3, 0.4) is 0 Å². The number of carbonyl (C=O) groups excluding carboxylic acids is 3. The van der Waals surface area contributed by atoms with E-state index in [1.807, 2.05) is 5.48 Å². The predicted molar refractivity (Wildman–Crippen MR) is 438 cm³/mol. The molecule has 730 valence electrons. The lowest BCUT2D eigenvalue weighted by Crippen LogP contribution is -2.27. The number of carbonyl (C=O) groups is 3. The van der Waals surface area contributed by atoms with E-state index >= 15 is 0 Å². The molecule has 0 aromatic rings. The van der Waals surface area contributed by atoms with Gasteiger partial charge in [0.15, 0.2) is 0 Å². The molecule has 0 unspecified atom stereocenters. The second kappa shape index (κ2) is 115.